The van der Waals surface area contributed by atoms with E-state index in [1.165, 1.54) is 4.57 Å². The molecule has 1 aliphatic heterocycles. The number of anilines is 1. The van der Waals surface area contributed by atoms with Crippen molar-refractivity contribution in [2.75, 3.05) is 11.9 Å². The van der Waals surface area contributed by atoms with Crippen LogP contribution in [0.1, 0.15) is 28.7 Å². The maximum Gasteiger partial charge on any atom is 0.293 e. The van der Waals surface area contributed by atoms with Crippen molar-refractivity contribution in [2.45, 2.75) is 25.9 Å². The van der Waals surface area contributed by atoms with Crippen molar-refractivity contribution in [2.24, 2.45) is 0 Å². The Labute approximate surface area is 184 Å². The minimum Gasteiger partial charge on any atom is -0.365 e. The number of carbonyl (C=O) groups is 1. The molecular weight excluding hydrogens is 404 g/mol. The van der Waals surface area contributed by atoms with Gasteiger partial charge in [-0.1, -0.05) is 24.3 Å². The van der Waals surface area contributed by atoms with Crippen molar-refractivity contribution in [3.63, 3.8) is 0 Å². The first kappa shape index (κ1) is 19.9. The molecule has 4 aromatic rings. The Kier molecular flexibility index (Phi) is 5.10. The third-order valence-corrected chi connectivity index (χ3v) is 5.64. The second-order valence-corrected chi connectivity index (χ2v) is 7.79. The van der Waals surface area contributed by atoms with Crippen LogP contribution in [0.2, 0.25) is 0 Å². The second kappa shape index (κ2) is 8.22. The average Bonchev–Trinajstić information content (AvgIpc) is 2.82. The number of rotatable bonds is 7. The molecule has 2 aliphatic rings. The van der Waals surface area contributed by atoms with Crippen LogP contribution in [0.15, 0.2) is 65.7 Å². The lowest BCUT2D eigenvalue weighted by molar-refractivity contribution is -0.122. The smallest absolute Gasteiger partial charge is 0.293 e. The minimum absolute atomic E-state index is 0.0825. The van der Waals surface area contributed by atoms with Crippen molar-refractivity contribution < 1.29 is 4.79 Å². The van der Waals surface area contributed by atoms with Crippen molar-refractivity contribution in [3.8, 4) is 0 Å². The number of para-hydroxylation sites is 1. The summed E-state index contributed by atoms with van der Waals surface area (Å²) in [6.45, 7) is 2.20. The monoisotopic (exact) mass is 426 g/mol. The molecule has 1 amide bonds. The van der Waals surface area contributed by atoms with Crippen molar-refractivity contribution in [3.05, 3.63) is 93.9 Å². The highest BCUT2D eigenvalue weighted by Gasteiger charge is 2.30. The zero-order chi connectivity index (χ0) is 22.1. The van der Waals surface area contributed by atoms with E-state index < -0.39 is 0 Å². The molecule has 0 saturated heterocycles. The van der Waals surface area contributed by atoms with Gasteiger partial charge in [0.15, 0.2) is 5.82 Å². The van der Waals surface area contributed by atoms with Crippen molar-refractivity contribution >= 4 is 22.6 Å². The largest absolute Gasteiger partial charge is 0.365 e. The Morgan fingerprint density at radius 3 is 2.81 bits per heavy atom. The molecule has 0 radical (unpaired) electrons. The van der Waals surface area contributed by atoms with E-state index in [9.17, 15) is 9.59 Å². The molecule has 1 aliphatic carbocycles. The molecule has 1 atom stereocenters. The molecule has 8 heteroatoms. The molecule has 0 spiro atoms. The molecule has 2 bridgehead atoms. The van der Waals surface area contributed by atoms with Gasteiger partial charge in [0.1, 0.15) is 6.54 Å². The fourth-order valence-corrected chi connectivity index (χ4v) is 3.92. The lowest BCUT2D eigenvalue weighted by Crippen LogP contribution is -2.39. The molecule has 160 valence electrons. The Morgan fingerprint density at radius 2 is 1.97 bits per heavy atom. The summed E-state index contributed by atoms with van der Waals surface area (Å²) in [6.07, 6.45) is 4.00. The summed E-state index contributed by atoms with van der Waals surface area (Å²) in [5.41, 5.74) is 4.04. The van der Waals surface area contributed by atoms with Gasteiger partial charge in [0.25, 0.3) is 5.56 Å². The lowest BCUT2D eigenvalue weighted by atomic mass is 9.88. The predicted octanol–water partition coefficient (Wildman–Crippen LogP) is 2.37. The second-order valence-electron chi connectivity index (χ2n) is 7.79. The van der Waals surface area contributed by atoms with Crippen LogP contribution < -0.4 is 16.2 Å². The highest BCUT2D eigenvalue weighted by atomic mass is 16.2. The molecule has 3 aromatic heterocycles. The normalized spacial score (nSPS) is 14.1. The summed E-state index contributed by atoms with van der Waals surface area (Å²) >= 11 is 0. The van der Waals surface area contributed by atoms with Gasteiger partial charge in [0.2, 0.25) is 5.91 Å². The summed E-state index contributed by atoms with van der Waals surface area (Å²) in [6, 6.07) is 15.3. The van der Waals surface area contributed by atoms with E-state index in [-0.39, 0.29) is 29.9 Å². The molecule has 2 N–H and O–H groups in total. The number of nitrogens with zero attached hydrogens (tertiary/aromatic N) is 4. The van der Waals surface area contributed by atoms with Gasteiger partial charge in [-0.25, -0.2) is 4.98 Å². The SMILES string of the molecule is Cc1cnc(NCCc2ccccn2)c(=O)n1CC(=O)NC1c2cc1c1ccccc1n2. The topological polar surface area (TPSA) is 102 Å². The number of pyridine rings is 2. The molecule has 4 heterocycles. The van der Waals surface area contributed by atoms with Crippen LogP contribution in [0.25, 0.3) is 10.9 Å². The summed E-state index contributed by atoms with van der Waals surface area (Å²) in [7, 11) is 0. The number of amides is 1. The quantitative estimate of drug-likeness (QED) is 0.470. The van der Waals surface area contributed by atoms with E-state index in [1.807, 2.05) is 48.5 Å². The minimum atomic E-state index is -0.322. The number of hydrogen-bond acceptors (Lipinski definition) is 6. The number of aromatic nitrogens is 4. The van der Waals surface area contributed by atoms with Crippen LogP contribution in [-0.4, -0.2) is 32.0 Å². The Bertz CT molecular complexity index is 1370. The zero-order valence-corrected chi connectivity index (χ0v) is 17.6. The van der Waals surface area contributed by atoms with Gasteiger partial charge in [-0.05, 0) is 36.8 Å². The maximum absolute atomic E-state index is 12.9. The van der Waals surface area contributed by atoms with E-state index in [4.69, 9.17) is 0 Å². The van der Waals surface area contributed by atoms with Gasteiger partial charge in [-0.15, -0.1) is 0 Å². The van der Waals surface area contributed by atoms with Crippen LogP contribution >= 0.6 is 0 Å². The molecule has 6 rings (SSSR count). The third-order valence-electron chi connectivity index (χ3n) is 5.64. The van der Waals surface area contributed by atoms with E-state index in [0.29, 0.717) is 18.7 Å². The van der Waals surface area contributed by atoms with E-state index >= 15 is 0 Å². The summed E-state index contributed by atoms with van der Waals surface area (Å²) < 4.78 is 1.43. The Balaban J connectivity index is 1.26. The first-order chi connectivity index (χ1) is 15.6. The van der Waals surface area contributed by atoms with Gasteiger partial charge in [-0.2, -0.15) is 0 Å². The Morgan fingerprint density at radius 1 is 1.12 bits per heavy atom. The standard InChI is InChI=1S/C24H22N6O2/c1-15-13-27-23(26-11-9-16-6-4-5-10-25-16)24(32)30(15)14-21(31)29-22-18-12-20(22)28-19-8-3-2-7-17(18)19/h2-8,10,12-13,22H,9,11,14H2,1H3,(H,26,27)(H,29,31). The van der Waals surface area contributed by atoms with Crippen LogP contribution in [0.5, 0.6) is 0 Å². The van der Waals surface area contributed by atoms with E-state index in [2.05, 4.69) is 25.6 Å². The number of aryl methyl sites for hydroxylation is 1. The van der Waals surface area contributed by atoms with Gasteiger partial charge < -0.3 is 10.6 Å². The number of carbonyl (C=O) groups excluding carboxylic acids is 1. The Hall–Kier alpha value is -4.07. The lowest BCUT2D eigenvalue weighted by Gasteiger charge is -2.29. The van der Waals surface area contributed by atoms with Crippen LogP contribution in [-0.2, 0) is 17.8 Å². The molecule has 8 nitrogen and oxygen atoms in total. The number of hydrogen-bond donors (Lipinski definition) is 2. The number of benzene rings is 1. The maximum atomic E-state index is 12.9. The van der Waals surface area contributed by atoms with Gasteiger partial charge in [0.05, 0.1) is 17.3 Å². The zero-order valence-electron chi connectivity index (χ0n) is 17.6. The molecule has 0 fully saturated rings. The fraction of sp³-hybridized carbons (Fsp3) is 0.208. The highest BCUT2D eigenvalue weighted by molar-refractivity contribution is 5.88. The van der Waals surface area contributed by atoms with Crippen molar-refractivity contribution in [1.29, 1.82) is 0 Å². The van der Waals surface area contributed by atoms with Crippen LogP contribution in [0, 0.1) is 6.92 Å². The van der Waals surface area contributed by atoms with Gasteiger partial charge in [-0.3, -0.25) is 24.1 Å². The predicted molar refractivity (Wildman–Crippen MR) is 121 cm³/mol. The summed E-state index contributed by atoms with van der Waals surface area (Å²) in [5, 5.41) is 7.10. The fourth-order valence-electron chi connectivity index (χ4n) is 3.92. The summed E-state index contributed by atoms with van der Waals surface area (Å²) in [4.78, 5) is 38.8. The van der Waals surface area contributed by atoms with Crippen LogP contribution in [0.3, 0.4) is 0 Å². The summed E-state index contributed by atoms with van der Waals surface area (Å²) in [5.74, 6) is -0.0237. The van der Waals surface area contributed by atoms with Gasteiger partial charge >= 0.3 is 0 Å². The molecule has 0 saturated carbocycles. The van der Waals surface area contributed by atoms with Gasteiger partial charge in [0, 0.05) is 42.1 Å². The first-order valence-electron chi connectivity index (χ1n) is 10.5. The molecule has 32 heavy (non-hydrogen) atoms. The molecular formula is C24H22N6O2. The van der Waals surface area contributed by atoms with E-state index in [0.717, 1.165) is 27.9 Å². The molecule has 1 unspecified atom stereocenters. The first-order valence-corrected chi connectivity index (χ1v) is 10.5. The number of nitrogens with one attached hydrogen (secondary N) is 2. The average molecular weight is 426 g/mol. The third kappa shape index (κ3) is 3.71. The van der Waals surface area contributed by atoms with Crippen molar-refractivity contribution in [1.82, 2.24) is 24.8 Å². The highest BCUT2D eigenvalue weighted by Crippen LogP contribution is 2.37. The van der Waals surface area contributed by atoms with E-state index in [1.54, 1.807) is 19.3 Å². The van der Waals surface area contributed by atoms with Crippen LogP contribution in [0.4, 0.5) is 5.82 Å². The molecule has 1 aromatic carbocycles.